The quantitative estimate of drug-likeness (QED) is 0.747. The second kappa shape index (κ2) is 7.54. The number of rotatable bonds is 1. The van der Waals surface area contributed by atoms with Crippen LogP contribution in [0.3, 0.4) is 0 Å². The van der Waals surface area contributed by atoms with Gasteiger partial charge < -0.3 is 15.2 Å². The average molecular weight is 245 g/mol. The van der Waals surface area contributed by atoms with Crippen molar-refractivity contribution in [3.63, 3.8) is 0 Å². The number of alkyl carbamates (subject to hydrolysis) is 1. The fourth-order valence-corrected chi connectivity index (χ4v) is 1.77. The molecule has 1 aliphatic carbocycles. The van der Waals surface area contributed by atoms with Crippen LogP contribution in [0.25, 0.3) is 0 Å². The molecule has 1 fully saturated rings. The number of hydrogen-bond acceptors (Lipinski definition) is 3. The molecule has 0 heterocycles. The van der Waals surface area contributed by atoms with E-state index in [1.54, 1.807) is 0 Å². The van der Waals surface area contributed by atoms with Gasteiger partial charge in [0.1, 0.15) is 5.60 Å². The molecule has 0 aliphatic heterocycles. The number of amides is 1. The maximum atomic E-state index is 11.4. The van der Waals surface area contributed by atoms with Gasteiger partial charge in [0.05, 0.1) is 6.10 Å². The Morgan fingerprint density at radius 2 is 1.88 bits per heavy atom. The van der Waals surface area contributed by atoms with Crippen LogP contribution in [0, 0.1) is 0 Å². The minimum atomic E-state index is -0.461. The average Bonchev–Trinajstić information content (AvgIpc) is 2.17. The lowest BCUT2D eigenvalue weighted by atomic mass is 9.93. The molecule has 4 heteroatoms. The minimum Gasteiger partial charge on any atom is -0.444 e. The van der Waals surface area contributed by atoms with Crippen molar-refractivity contribution in [3.8, 4) is 0 Å². The Bertz CT molecular complexity index is 223. The highest BCUT2D eigenvalue weighted by Crippen LogP contribution is 2.18. The minimum absolute atomic E-state index is 0.0589. The molecule has 1 saturated carbocycles. The van der Waals surface area contributed by atoms with E-state index >= 15 is 0 Å². The van der Waals surface area contributed by atoms with Crippen LogP contribution in [-0.4, -0.2) is 28.9 Å². The van der Waals surface area contributed by atoms with Crippen molar-refractivity contribution >= 4 is 6.09 Å². The fraction of sp³-hybridized carbons (Fsp3) is 0.923. The van der Waals surface area contributed by atoms with Crippen molar-refractivity contribution < 1.29 is 14.6 Å². The molecule has 2 atom stereocenters. The van der Waals surface area contributed by atoms with Crippen molar-refractivity contribution in [2.75, 3.05) is 0 Å². The molecule has 17 heavy (non-hydrogen) atoms. The first-order valence-electron chi connectivity index (χ1n) is 6.54. The van der Waals surface area contributed by atoms with Gasteiger partial charge in [0.2, 0.25) is 0 Å². The monoisotopic (exact) mass is 245 g/mol. The highest BCUT2D eigenvalue weighted by atomic mass is 16.6. The summed E-state index contributed by atoms with van der Waals surface area (Å²) >= 11 is 0. The lowest BCUT2D eigenvalue weighted by molar-refractivity contribution is 0.0451. The van der Waals surface area contributed by atoms with Crippen molar-refractivity contribution in [2.45, 2.75) is 78.0 Å². The molecule has 4 nitrogen and oxygen atoms in total. The predicted molar refractivity (Wildman–Crippen MR) is 69.0 cm³/mol. The first kappa shape index (κ1) is 16.2. The lowest BCUT2D eigenvalue weighted by Gasteiger charge is -2.28. The Morgan fingerprint density at radius 1 is 1.29 bits per heavy atom. The Hall–Kier alpha value is -0.770. The SMILES string of the molecule is CC.CC(C)(C)OC(=O)NC1CCCC(O)C1. The van der Waals surface area contributed by atoms with Gasteiger partial charge in [-0.2, -0.15) is 0 Å². The van der Waals surface area contributed by atoms with E-state index in [9.17, 15) is 9.90 Å². The molecule has 2 N–H and O–H groups in total. The van der Waals surface area contributed by atoms with E-state index in [0.717, 1.165) is 19.3 Å². The summed E-state index contributed by atoms with van der Waals surface area (Å²) in [6, 6.07) is 0.0589. The summed E-state index contributed by atoms with van der Waals surface area (Å²) in [6.45, 7) is 9.51. The molecule has 0 bridgehead atoms. The molecule has 0 aromatic heterocycles. The van der Waals surface area contributed by atoms with E-state index in [1.807, 2.05) is 34.6 Å². The zero-order valence-corrected chi connectivity index (χ0v) is 11.7. The smallest absolute Gasteiger partial charge is 0.407 e. The van der Waals surface area contributed by atoms with Crippen LogP contribution < -0.4 is 5.32 Å². The molecule has 1 amide bonds. The van der Waals surface area contributed by atoms with Crippen molar-refractivity contribution in [1.82, 2.24) is 5.32 Å². The summed E-state index contributed by atoms with van der Waals surface area (Å²) in [5.41, 5.74) is -0.461. The van der Waals surface area contributed by atoms with E-state index in [4.69, 9.17) is 4.74 Å². The van der Waals surface area contributed by atoms with Gasteiger partial charge in [0.25, 0.3) is 0 Å². The van der Waals surface area contributed by atoms with Gasteiger partial charge in [-0.25, -0.2) is 4.79 Å². The summed E-state index contributed by atoms with van der Waals surface area (Å²) in [5.74, 6) is 0. The van der Waals surface area contributed by atoms with Crippen LogP contribution in [0.5, 0.6) is 0 Å². The van der Waals surface area contributed by atoms with Crippen molar-refractivity contribution in [2.24, 2.45) is 0 Å². The number of carbonyl (C=O) groups excluding carboxylic acids is 1. The third-order valence-electron chi connectivity index (χ3n) is 2.37. The largest absolute Gasteiger partial charge is 0.444 e. The zero-order chi connectivity index (χ0) is 13.5. The molecule has 0 radical (unpaired) electrons. The van der Waals surface area contributed by atoms with Crippen LogP contribution in [0.15, 0.2) is 0 Å². The molecule has 2 unspecified atom stereocenters. The molecule has 0 aromatic carbocycles. The summed E-state index contributed by atoms with van der Waals surface area (Å²) in [6.07, 6.45) is 2.70. The first-order valence-corrected chi connectivity index (χ1v) is 6.54. The second-order valence-corrected chi connectivity index (χ2v) is 5.16. The molecule has 0 saturated heterocycles. The maximum absolute atomic E-state index is 11.4. The highest BCUT2D eigenvalue weighted by molar-refractivity contribution is 5.68. The third kappa shape index (κ3) is 8.02. The molecular weight excluding hydrogens is 218 g/mol. The molecule has 1 rings (SSSR count). The lowest BCUT2D eigenvalue weighted by Crippen LogP contribution is -2.42. The normalized spacial score (nSPS) is 24.4. The summed E-state index contributed by atoms with van der Waals surface area (Å²) in [7, 11) is 0. The molecule has 102 valence electrons. The highest BCUT2D eigenvalue weighted by Gasteiger charge is 2.24. The van der Waals surface area contributed by atoms with Crippen LogP contribution in [0.4, 0.5) is 4.79 Å². The van der Waals surface area contributed by atoms with Crippen molar-refractivity contribution in [1.29, 1.82) is 0 Å². The predicted octanol–water partition coefficient (Wildman–Crippen LogP) is 2.84. The van der Waals surface area contributed by atoms with Gasteiger partial charge in [-0.3, -0.25) is 0 Å². The molecule has 0 spiro atoms. The van der Waals surface area contributed by atoms with Crippen LogP contribution in [-0.2, 0) is 4.74 Å². The number of ether oxygens (including phenoxy) is 1. The van der Waals surface area contributed by atoms with Gasteiger partial charge in [-0.1, -0.05) is 13.8 Å². The second-order valence-electron chi connectivity index (χ2n) is 5.16. The molecular formula is C13H27NO3. The van der Waals surface area contributed by atoms with Crippen LogP contribution in [0.2, 0.25) is 0 Å². The molecule has 0 aromatic rings. The summed E-state index contributed by atoms with van der Waals surface area (Å²) in [4.78, 5) is 11.4. The Balaban J connectivity index is 0.00000121. The zero-order valence-electron chi connectivity index (χ0n) is 11.7. The number of hydrogen-bond donors (Lipinski definition) is 2. The van der Waals surface area contributed by atoms with E-state index in [0.29, 0.717) is 6.42 Å². The van der Waals surface area contributed by atoms with Gasteiger partial charge in [0.15, 0.2) is 0 Å². The standard InChI is InChI=1S/C11H21NO3.C2H6/c1-11(2,3)15-10(14)12-8-5-4-6-9(13)7-8;1-2/h8-9,13H,4-7H2,1-3H3,(H,12,14);1-2H3. The Labute approximate surface area is 105 Å². The maximum Gasteiger partial charge on any atom is 0.407 e. The van der Waals surface area contributed by atoms with Crippen LogP contribution in [0.1, 0.15) is 60.3 Å². The van der Waals surface area contributed by atoms with Gasteiger partial charge in [-0.15, -0.1) is 0 Å². The number of aliphatic hydroxyl groups is 1. The fourth-order valence-electron chi connectivity index (χ4n) is 1.77. The number of aliphatic hydroxyl groups excluding tert-OH is 1. The van der Waals surface area contributed by atoms with Gasteiger partial charge in [0, 0.05) is 6.04 Å². The number of nitrogens with one attached hydrogen (secondary N) is 1. The van der Waals surface area contributed by atoms with E-state index in [1.165, 1.54) is 0 Å². The van der Waals surface area contributed by atoms with Crippen molar-refractivity contribution in [3.05, 3.63) is 0 Å². The van der Waals surface area contributed by atoms with Gasteiger partial charge in [-0.05, 0) is 46.5 Å². The number of carbonyl (C=O) groups is 1. The van der Waals surface area contributed by atoms with E-state index < -0.39 is 5.60 Å². The van der Waals surface area contributed by atoms with E-state index in [-0.39, 0.29) is 18.2 Å². The van der Waals surface area contributed by atoms with E-state index in [2.05, 4.69) is 5.32 Å². The third-order valence-corrected chi connectivity index (χ3v) is 2.37. The Kier molecular flexibility index (Phi) is 7.19. The summed E-state index contributed by atoms with van der Waals surface area (Å²) < 4.78 is 5.14. The molecule has 1 aliphatic rings. The topological polar surface area (TPSA) is 58.6 Å². The Morgan fingerprint density at radius 3 is 2.35 bits per heavy atom. The first-order chi connectivity index (χ1) is 7.87. The van der Waals surface area contributed by atoms with Crippen LogP contribution >= 0.6 is 0 Å². The van der Waals surface area contributed by atoms with Gasteiger partial charge >= 0.3 is 6.09 Å². The summed E-state index contributed by atoms with van der Waals surface area (Å²) in [5, 5.41) is 12.2.